The van der Waals surface area contributed by atoms with Gasteiger partial charge in [-0.25, -0.2) is 0 Å². The zero-order chi connectivity index (χ0) is 57.9. The van der Waals surface area contributed by atoms with Crippen molar-refractivity contribution in [2.75, 3.05) is 0 Å². The van der Waals surface area contributed by atoms with Gasteiger partial charge in [0.15, 0.2) is 0 Å². The Labute approximate surface area is 536 Å². The number of rotatable bonds is 30. The summed E-state index contributed by atoms with van der Waals surface area (Å²) in [4.78, 5) is 16.7. The third kappa shape index (κ3) is 12.1. The van der Waals surface area contributed by atoms with Crippen LogP contribution in [-0.2, 0) is 18.3 Å². The summed E-state index contributed by atoms with van der Waals surface area (Å²) in [6, 6.07) is 33.4. The molecule has 0 saturated heterocycles. The molecule has 440 valence electrons. The molecule has 4 nitrogen and oxygen atoms in total. The van der Waals surface area contributed by atoms with Crippen molar-refractivity contribution in [1.29, 1.82) is 0 Å². The number of fused-ring (bicyclic) bond motifs is 7. The topological polar surface area (TPSA) is 51.6 Å². The van der Waals surface area contributed by atoms with Crippen LogP contribution in [0.3, 0.4) is 0 Å². The van der Waals surface area contributed by atoms with Crippen LogP contribution >= 0.6 is 103 Å². The van der Waals surface area contributed by atoms with E-state index in [1.807, 2.05) is 68.0 Å². The van der Waals surface area contributed by atoms with Crippen LogP contribution in [0.4, 0.5) is 0 Å². The third-order valence-corrected chi connectivity index (χ3v) is 28.3. The largest absolute Gasteiger partial charge is 0.172 e. The molecule has 4 atom stereocenters. The highest BCUT2D eigenvalue weighted by molar-refractivity contribution is 7.33. The van der Waals surface area contributed by atoms with E-state index in [1.54, 1.807) is 11.1 Å². The lowest BCUT2D eigenvalue weighted by molar-refractivity contribution is 0.268. The van der Waals surface area contributed by atoms with Gasteiger partial charge in [-0.05, 0) is 116 Å². The number of thiophene rings is 7. The molecule has 84 heavy (non-hydrogen) atoms. The Bertz CT molecular complexity index is 3930. The summed E-state index contributed by atoms with van der Waals surface area (Å²) in [6.45, 7) is 19.0. The fourth-order valence-electron chi connectivity index (χ4n) is 13.6. The van der Waals surface area contributed by atoms with Gasteiger partial charge >= 0.3 is 0 Å². The number of hydrogen-bond acceptors (Lipinski definition) is 13. The van der Waals surface area contributed by atoms with Crippen LogP contribution in [0.1, 0.15) is 192 Å². The lowest BCUT2D eigenvalue weighted by atomic mass is 9.65. The molecule has 9 heterocycles. The fraction of sp³-hybridized carbons (Fsp3) is 0.465. The summed E-state index contributed by atoms with van der Waals surface area (Å²) in [5.41, 5.74) is 12.1. The zero-order valence-corrected chi connectivity index (χ0v) is 57.8. The van der Waals surface area contributed by atoms with E-state index in [0.29, 0.717) is 11.8 Å². The molecule has 0 fully saturated rings. The zero-order valence-electron chi connectivity index (χ0n) is 50.5. The second-order valence-electron chi connectivity index (χ2n) is 24.1. The highest BCUT2D eigenvalue weighted by Crippen LogP contribution is 2.65. The first kappa shape index (κ1) is 60.5. The fourth-order valence-corrected chi connectivity index (χ4v) is 23.6. The minimum Gasteiger partial charge on any atom is -0.172 e. The molecule has 4 unspecified atom stereocenters. The number of benzene rings is 2. The molecule has 0 aliphatic heterocycles. The first-order valence-electron chi connectivity index (χ1n) is 31.8. The van der Waals surface area contributed by atoms with Gasteiger partial charge in [0.1, 0.15) is 22.1 Å². The molecule has 0 spiro atoms. The van der Waals surface area contributed by atoms with Crippen molar-refractivity contribution in [3.05, 3.63) is 106 Å². The van der Waals surface area contributed by atoms with Crippen LogP contribution < -0.4 is 0 Å². The molecule has 11 aromatic rings. The van der Waals surface area contributed by atoms with Crippen LogP contribution in [0, 0.1) is 23.7 Å². The summed E-state index contributed by atoms with van der Waals surface area (Å²) in [5.74, 6) is 2.84. The molecular weight excluding hydrogens is 1200 g/mol. The van der Waals surface area contributed by atoms with E-state index in [4.69, 9.17) is 17.5 Å². The standard InChI is InChI=1S/C71H82N4S9/c1-9-17-21-43(13-5)37-47-25-31-56(76-47)58-35-33-54(78-58)49-27-29-51(66-64(49)72-83-74-66)60-39-53-68(80-60)70-63(71(53,41-45(15-7)23-19-11-3)42-46(16-8)24-20-12-4)69-62(82-70)40-61(81-69)52-30-28-50(65-67(52)75-84-73-65)55-34-36-59(79-55)57-32-26-48(77-57)38-44(14-6)22-18-10-2/h25-36,39-40,43-46H,9-24,37-38,41-42H2,1-8H3. The van der Waals surface area contributed by atoms with E-state index in [9.17, 15) is 0 Å². The van der Waals surface area contributed by atoms with Crippen LogP contribution in [0.25, 0.3) is 102 Å². The molecule has 0 amide bonds. The predicted octanol–water partition coefficient (Wildman–Crippen LogP) is 26.3. The average Bonchev–Trinajstić information content (AvgIpc) is 1.58. The maximum Gasteiger partial charge on any atom is 0.114 e. The van der Waals surface area contributed by atoms with Crippen molar-refractivity contribution >= 4 is 134 Å². The molecule has 0 saturated carbocycles. The third-order valence-electron chi connectivity index (χ3n) is 18.6. The van der Waals surface area contributed by atoms with Gasteiger partial charge in [-0.3, -0.25) is 0 Å². The lowest BCUT2D eigenvalue weighted by Crippen LogP contribution is -2.31. The molecule has 1 aliphatic carbocycles. The van der Waals surface area contributed by atoms with Crippen molar-refractivity contribution in [2.24, 2.45) is 23.7 Å². The molecule has 12 rings (SSSR count). The van der Waals surface area contributed by atoms with E-state index in [-0.39, 0.29) is 5.41 Å². The summed E-state index contributed by atoms with van der Waals surface area (Å²) in [7, 11) is 0. The van der Waals surface area contributed by atoms with Gasteiger partial charge in [0.05, 0.1) is 33.0 Å². The van der Waals surface area contributed by atoms with Crippen LogP contribution in [0.2, 0.25) is 0 Å². The number of hydrogen-bond donors (Lipinski definition) is 0. The number of unbranched alkanes of at least 4 members (excludes halogenated alkanes) is 4. The Morgan fingerprint density at radius 1 is 0.369 bits per heavy atom. The van der Waals surface area contributed by atoms with Gasteiger partial charge in [-0.15, -0.1) is 79.4 Å². The van der Waals surface area contributed by atoms with Gasteiger partial charge < -0.3 is 0 Å². The highest BCUT2D eigenvalue weighted by Gasteiger charge is 2.49. The van der Waals surface area contributed by atoms with E-state index in [0.717, 1.165) is 33.9 Å². The smallest absolute Gasteiger partial charge is 0.114 e. The van der Waals surface area contributed by atoms with Crippen LogP contribution in [0.15, 0.2) is 84.9 Å². The van der Waals surface area contributed by atoms with Crippen molar-refractivity contribution in [2.45, 2.75) is 189 Å². The Hall–Kier alpha value is -3.76. The average molecular weight is 1280 g/mol. The Morgan fingerprint density at radius 2 is 0.762 bits per heavy atom. The molecule has 9 aromatic heterocycles. The minimum absolute atomic E-state index is 0.0850. The predicted molar refractivity (Wildman–Crippen MR) is 380 cm³/mol. The van der Waals surface area contributed by atoms with E-state index in [1.165, 1.54) is 242 Å². The summed E-state index contributed by atoms with van der Waals surface area (Å²) in [5, 5.41) is 0. The molecule has 2 aromatic carbocycles. The maximum absolute atomic E-state index is 5.14. The van der Waals surface area contributed by atoms with E-state index >= 15 is 0 Å². The number of aromatic nitrogens is 4. The minimum atomic E-state index is -0.0850. The Kier molecular flexibility index (Phi) is 19.7. The first-order valence-corrected chi connectivity index (χ1v) is 39.0. The first-order chi connectivity index (χ1) is 41.2. The molecular formula is C71H82N4S9. The van der Waals surface area contributed by atoms with Gasteiger partial charge in [0, 0.05) is 91.6 Å². The molecule has 0 bridgehead atoms. The van der Waals surface area contributed by atoms with Gasteiger partial charge in [0.2, 0.25) is 0 Å². The summed E-state index contributed by atoms with van der Waals surface area (Å²) >= 11 is 16.6. The number of nitrogens with zero attached hydrogens (tertiary/aromatic N) is 4. The Morgan fingerprint density at radius 3 is 1.20 bits per heavy atom. The summed E-state index contributed by atoms with van der Waals surface area (Å²) < 4.78 is 23.3. The van der Waals surface area contributed by atoms with Crippen LogP contribution in [-0.4, -0.2) is 17.5 Å². The highest BCUT2D eigenvalue weighted by atomic mass is 32.1. The normalized spacial score (nSPS) is 15.7. The second-order valence-corrected chi connectivity index (χ2v) is 32.8. The SMILES string of the molecule is CCCCC(CC)Cc1ccc(-c2ccc(-c3ccc(-c4cc5c(s4)-c4sc6cc(-c7ccc(-c8ccc(-c9ccc(CC(CC)CCCC)s9)s8)c8nsnc78)sc6c4C5(CC(CC)CCCC)CC(CC)CCCC)c4nsnc34)s2)s1. The molecule has 1 aliphatic rings. The lowest BCUT2D eigenvalue weighted by Gasteiger charge is -2.38. The van der Waals surface area contributed by atoms with Crippen LogP contribution in [0.5, 0.6) is 0 Å². The molecule has 0 radical (unpaired) electrons. The van der Waals surface area contributed by atoms with Crippen molar-refractivity contribution < 1.29 is 0 Å². The van der Waals surface area contributed by atoms with Gasteiger partial charge in [0.25, 0.3) is 0 Å². The molecule has 13 heteroatoms. The quantitative estimate of drug-likeness (QED) is 0.0450. The maximum atomic E-state index is 5.14. The molecule has 0 N–H and O–H groups in total. The van der Waals surface area contributed by atoms with E-state index in [2.05, 4.69) is 152 Å². The van der Waals surface area contributed by atoms with Gasteiger partial charge in [-0.1, -0.05) is 182 Å². The second kappa shape index (κ2) is 27.3. The van der Waals surface area contributed by atoms with Crippen molar-refractivity contribution in [1.82, 2.24) is 17.5 Å². The Balaban J connectivity index is 0.902. The van der Waals surface area contributed by atoms with Gasteiger partial charge in [-0.2, -0.15) is 17.5 Å². The van der Waals surface area contributed by atoms with E-state index < -0.39 is 0 Å². The van der Waals surface area contributed by atoms with Crippen molar-refractivity contribution in [3.8, 4) is 71.0 Å². The van der Waals surface area contributed by atoms with Crippen molar-refractivity contribution in [3.63, 3.8) is 0 Å². The summed E-state index contributed by atoms with van der Waals surface area (Å²) in [6.07, 6.45) is 25.2. The monoisotopic (exact) mass is 1280 g/mol.